The SMILES string of the molecule is CCOc1ccccc1C(=O)OCc1nc2ccccc2s1. The van der Waals surface area contributed by atoms with Gasteiger partial charge in [-0.1, -0.05) is 24.3 Å². The number of carbonyl (C=O) groups is 1. The van der Waals surface area contributed by atoms with Gasteiger partial charge in [-0.25, -0.2) is 9.78 Å². The maximum atomic E-state index is 12.2. The molecule has 3 rings (SSSR count). The molecule has 1 heterocycles. The van der Waals surface area contributed by atoms with E-state index in [1.165, 1.54) is 11.3 Å². The van der Waals surface area contributed by atoms with Gasteiger partial charge in [-0.3, -0.25) is 0 Å². The zero-order chi connectivity index (χ0) is 15.4. The molecule has 0 aliphatic rings. The summed E-state index contributed by atoms with van der Waals surface area (Å²) < 4.78 is 11.9. The highest BCUT2D eigenvalue weighted by Gasteiger charge is 2.14. The molecule has 0 saturated heterocycles. The second-order valence-corrected chi connectivity index (χ2v) is 5.70. The van der Waals surface area contributed by atoms with Crippen molar-refractivity contribution in [1.29, 1.82) is 0 Å². The van der Waals surface area contributed by atoms with Crippen LogP contribution >= 0.6 is 11.3 Å². The second-order valence-electron chi connectivity index (χ2n) is 4.58. The number of benzene rings is 2. The van der Waals surface area contributed by atoms with Crippen LogP contribution in [0.15, 0.2) is 48.5 Å². The van der Waals surface area contributed by atoms with Crippen LogP contribution in [0.1, 0.15) is 22.3 Å². The number of aromatic nitrogens is 1. The summed E-state index contributed by atoms with van der Waals surface area (Å²) >= 11 is 1.53. The van der Waals surface area contributed by atoms with Crippen LogP contribution in [0.5, 0.6) is 5.75 Å². The molecule has 0 amide bonds. The van der Waals surface area contributed by atoms with Crippen molar-refractivity contribution in [2.24, 2.45) is 0 Å². The maximum absolute atomic E-state index is 12.2. The molecule has 0 aliphatic heterocycles. The first-order chi connectivity index (χ1) is 10.8. The second kappa shape index (κ2) is 6.58. The largest absolute Gasteiger partial charge is 0.493 e. The Kier molecular flexibility index (Phi) is 4.34. The molecule has 0 fully saturated rings. The van der Waals surface area contributed by atoms with Crippen LogP contribution in [-0.4, -0.2) is 17.6 Å². The Labute approximate surface area is 132 Å². The molecule has 112 valence electrons. The highest BCUT2D eigenvalue weighted by atomic mass is 32.1. The van der Waals surface area contributed by atoms with E-state index in [-0.39, 0.29) is 6.61 Å². The normalized spacial score (nSPS) is 10.6. The van der Waals surface area contributed by atoms with Crippen LogP contribution in [0.4, 0.5) is 0 Å². The lowest BCUT2D eigenvalue weighted by Crippen LogP contribution is -2.08. The predicted molar refractivity (Wildman–Crippen MR) is 86.4 cm³/mol. The van der Waals surface area contributed by atoms with Crippen LogP contribution in [0.3, 0.4) is 0 Å². The monoisotopic (exact) mass is 313 g/mol. The van der Waals surface area contributed by atoms with Gasteiger partial charge in [0.05, 0.1) is 16.8 Å². The lowest BCUT2D eigenvalue weighted by molar-refractivity contribution is 0.0468. The smallest absolute Gasteiger partial charge is 0.342 e. The van der Waals surface area contributed by atoms with Crippen molar-refractivity contribution in [1.82, 2.24) is 4.98 Å². The highest BCUT2D eigenvalue weighted by Crippen LogP contribution is 2.23. The van der Waals surface area contributed by atoms with Crippen LogP contribution in [0.25, 0.3) is 10.2 Å². The van der Waals surface area contributed by atoms with Gasteiger partial charge in [-0.15, -0.1) is 11.3 Å². The summed E-state index contributed by atoms with van der Waals surface area (Å²) in [4.78, 5) is 16.7. The molecule has 1 aromatic heterocycles. The van der Waals surface area contributed by atoms with E-state index in [1.807, 2.05) is 37.3 Å². The van der Waals surface area contributed by atoms with Crippen molar-refractivity contribution in [3.63, 3.8) is 0 Å². The molecule has 0 spiro atoms. The zero-order valence-electron chi connectivity index (χ0n) is 12.1. The molecular weight excluding hydrogens is 298 g/mol. The van der Waals surface area contributed by atoms with E-state index in [0.29, 0.717) is 17.9 Å². The van der Waals surface area contributed by atoms with Gasteiger partial charge in [0, 0.05) is 0 Å². The fraction of sp³-hybridized carbons (Fsp3) is 0.176. The van der Waals surface area contributed by atoms with E-state index in [4.69, 9.17) is 9.47 Å². The van der Waals surface area contributed by atoms with E-state index in [2.05, 4.69) is 4.98 Å². The number of carbonyl (C=O) groups excluding carboxylic acids is 1. The number of fused-ring (bicyclic) bond motifs is 1. The summed E-state index contributed by atoms with van der Waals surface area (Å²) in [6, 6.07) is 14.9. The number of ether oxygens (including phenoxy) is 2. The van der Waals surface area contributed by atoms with E-state index >= 15 is 0 Å². The maximum Gasteiger partial charge on any atom is 0.342 e. The third kappa shape index (κ3) is 3.09. The molecule has 0 radical (unpaired) electrons. The van der Waals surface area contributed by atoms with E-state index in [1.54, 1.807) is 18.2 Å². The number of hydrogen-bond donors (Lipinski definition) is 0. The van der Waals surface area contributed by atoms with E-state index < -0.39 is 5.97 Å². The van der Waals surface area contributed by atoms with Crippen LogP contribution in [-0.2, 0) is 11.3 Å². The van der Waals surface area contributed by atoms with Gasteiger partial charge in [0.25, 0.3) is 0 Å². The standard InChI is InChI=1S/C17H15NO3S/c1-2-20-14-9-5-3-7-12(14)17(19)21-11-16-18-13-8-4-6-10-15(13)22-16/h3-10H,2,11H2,1H3. The molecule has 5 heteroatoms. The minimum Gasteiger partial charge on any atom is -0.493 e. The molecule has 0 unspecified atom stereocenters. The lowest BCUT2D eigenvalue weighted by atomic mass is 10.2. The molecular formula is C17H15NO3S. The number of rotatable bonds is 5. The topological polar surface area (TPSA) is 48.4 Å². The minimum atomic E-state index is -0.400. The number of thiazole rings is 1. The Bertz CT molecular complexity index is 764. The minimum absolute atomic E-state index is 0.165. The molecule has 0 bridgehead atoms. The van der Waals surface area contributed by atoms with Gasteiger partial charge < -0.3 is 9.47 Å². The average Bonchev–Trinajstić information content (AvgIpc) is 2.96. The van der Waals surface area contributed by atoms with Crippen molar-refractivity contribution >= 4 is 27.5 Å². The first kappa shape index (κ1) is 14.5. The molecule has 0 atom stereocenters. The van der Waals surface area contributed by atoms with Gasteiger partial charge >= 0.3 is 5.97 Å². The fourth-order valence-electron chi connectivity index (χ4n) is 2.10. The third-order valence-electron chi connectivity index (χ3n) is 3.07. The van der Waals surface area contributed by atoms with Crippen molar-refractivity contribution in [3.8, 4) is 5.75 Å². The summed E-state index contributed by atoms with van der Waals surface area (Å²) in [5.41, 5.74) is 1.36. The zero-order valence-corrected chi connectivity index (χ0v) is 12.9. The summed E-state index contributed by atoms with van der Waals surface area (Å²) in [5.74, 6) is 0.141. The van der Waals surface area contributed by atoms with Gasteiger partial charge in [-0.2, -0.15) is 0 Å². The first-order valence-electron chi connectivity index (χ1n) is 7.01. The average molecular weight is 313 g/mol. The summed E-state index contributed by atoms with van der Waals surface area (Å²) in [7, 11) is 0. The van der Waals surface area contributed by atoms with Crippen LogP contribution < -0.4 is 4.74 Å². The quantitative estimate of drug-likeness (QED) is 0.667. The molecule has 22 heavy (non-hydrogen) atoms. The summed E-state index contributed by atoms with van der Waals surface area (Å²) in [6.45, 7) is 2.55. The molecule has 0 aliphatic carbocycles. The Morgan fingerprint density at radius 1 is 1.14 bits per heavy atom. The first-order valence-corrected chi connectivity index (χ1v) is 7.83. The van der Waals surface area contributed by atoms with Crippen molar-refractivity contribution in [2.45, 2.75) is 13.5 Å². The molecule has 0 N–H and O–H groups in total. The van der Waals surface area contributed by atoms with Crippen molar-refractivity contribution < 1.29 is 14.3 Å². The molecule has 3 aromatic rings. The van der Waals surface area contributed by atoms with Crippen molar-refractivity contribution in [3.05, 3.63) is 59.1 Å². The Morgan fingerprint density at radius 2 is 1.91 bits per heavy atom. The Hall–Kier alpha value is -2.40. The number of para-hydroxylation sites is 2. The number of nitrogens with zero attached hydrogens (tertiary/aromatic N) is 1. The van der Waals surface area contributed by atoms with E-state index in [0.717, 1.165) is 15.2 Å². The molecule has 2 aromatic carbocycles. The Balaban J connectivity index is 1.72. The molecule has 0 saturated carbocycles. The van der Waals surface area contributed by atoms with Gasteiger partial charge in [-0.05, 0) is 31.2 Å². The van der Waals surface area contributed by atoms with E-state index in [9.17, 15) is 4.79 Å². The summed E-state index contributed by atoms with van der Waals surface area (Å²) in [5, 5.41) is 0.781. The molecule has 4 nitrogen and oxygen atoms in total. The van der Waals surface area contributed by atoms with Gasteiger partial charge in [0.1, 0.15) is 22.9 Å². The lowest BCUT2D eigenvalue weighted by Gasteiger charge is -2.08. The summed E-state index contributed by atoms with van der Waals surface area (Å²) in [6.07, 6.45) is 0. The van der Waals surface area contributed by atoms with Crippen molar-refractivity contribution in [2.75, 3.05) is 6.61 Å². The van der Waals surface area contributed by atoms with Gasteiger partial charge in [0.2, 0.25) is 0 Å². The van der Waals surface area contributed by atoms with Crippen LogP contribution in [0.2, 0.25) is 0 Å². The predicted octanol–water partition coefficient (Wildman–Crippen LogP) is 4.05. The third-order valence-corrected chi connectivity index (χ3v) is 4.08. The fourth-order valence-corrected chi connectivity index (χ4v) is 2.98. The number of hydrogen-bond acceptors (Lipinski definition) is 5. The van der Waals surface area contributed by atoms with Crippen LogP contribution in [0, 0.1) is 0 Å². The number of esters is 1. The Morgan fingerprint density at radius 3 is 2.73 bits per heavy atom. The van der Waals surface area contributed by atoms with Gasteiger partial charge in [0.15, 0.2) is 0 Å². The highest BCUT2D eigenvalue weighted by molar-refractivity contribution is 7.18.